The van der Waals surface area contributed by atoms with Gasteiger partial charge in [0.1, 0.15) is 0 Å². The van der Waals surface area contributed by atoms with Crippen molar-refractivity contribution >= 4 is 5.57 Å². The van der Waals surface area contributed by atoms with Gasteiger partial charge in [-0.15, -0.1) is 0 Å². The van der Waals surface area contributed by atoms with Crippen LogP contribution in [0.15, 0.2) is 29.7 Å². The quantitative estimate of drug-likeness (QED) is 0.749. The molecule has 0 unspecified atom stereocenters. The molecule has 0 radical (unpaired) electrons. The number of pyridine rings is 1. The Balaban J connectivity index is 2.27. The average molecular weight is 205 g/mol. The van der Waals surface area contributed by atoms with E-state index in [-0.39, 0.29) is 5.56 Å². The fraction of sp³-hybridized carbons (Fsp3) is 0.417. The van der Waals surface area contributed by atoms with Gasteiger partial charge >= 0.3 is 0 Å². The van der Waals surface area contributed by atoms with E-state index in [9.17, 15) is 4.79 Å². The van der Waals surface area contributed by atoms with Crippen LogP contribution in [-0.4, -0.2) is 17.8 Å². The summed E-state index contributed by atoms with van der Waals surface area (Å²) in [6.45, 7) is 7.94. The third-order valence-electron chi connectivity index (χ3n) is 2.64. The van der Waals surface area contributed by atoms with Crippen molar-refractivity contribution in [2.24, 2.45) is 5.92 Å². The standard InChI is InChI=1S/C12H15NO2/c1-9(2)11-4-3-5-13(12(11)14)6-10-7-15-8-10/h3-5,10H,1,6-8H2,2H3. The van der Waals surface area contributed by atoms with Crippen LogP contribution in [0.4, 0.5) is 0 Å². The number of allylic oxidation sites excluding steroid dienone is 1. The molecule has 0 spiro atoms. The van der Waals surface area contributed by atoms with Gasteiger partial charge in [0, 0.05) is 24.2 Å². The summed E-state index contributed by atoms with van der Waals surface area (Å²) in [5.41, 5.74) is 1.58. The Morgan fingerprint density at radius 1 is 1.67 bits per heavy atom. The molecule has 0 amide bonds. The Morgan fingerprint density at radius 3 is 2.93 bits per heavy atom. The summed E-state index contributed by atoms with van der Waals surface area (Å²) in [5.74, 6) is 0.489. The van der Waals surface area contributed by atoms with E-state index in [0.717, 1.165) is 25.3 Å². The molecule has 0 bridgehead atoms. The lowest BCUT2D eigenvalue weighted by Crippen LogP contribution is -2.35. The van der Waals surface area contributed by atoms with E-state index >= 15 is 0 Å². The van der Waals surface area contributed by atoms with Crippen molar-refractivity contribution in [3.63, 3.8) is 0 Å². The van der Waals surface area contributed by atoms with E-state index in [1.165, 1.54) is 0 Å². The minimum Gasteiger partial charge on any atom is -0.381 e. The van der Waals surface area contributed by atoms with Gasteiger partial charge in [-0.25, -0.2) is 0 Å². The van der Waals surface area contributed by atoms with Gasteiger partial charge in [-0.1, -0.05) is 6.58 Å². The molecule has 2 heterocycles. The van der Waals surface area contributed by atoms with E-state index < -0.39 is 0 Å². The van der Waals surface area contributed by atoms with Gasteiger partial charge in [0.15, 0.2) is 0 Å². The molecule has 0 aromatic carbocycles. The summed E-state index contributed by atoms with van der Waals surface area (Å²) in [7, 11) is 0. The lowest BCUT2D eigenvalue weighted by atomic mass is 10.1. The maximum Gasteiger partial charge on any atom is 0.258 e. The summed E-state index contributed by atoms with van der Waals surface area (Å²) in [5, 5.41) is 0. The first-order chi connectivity index (χ1) is 7.18. The molecule has 15 heavy (non-hydrogen) atoms. The molecule has 1 aromatic rings. The van der Waals surface area contributed by atoms with Crippen LogP contribution < -0.4 is 5.56 Å². The van der Waals surface area contributed by atoms with Crippen molar-refractivity contribution in [1.82, 2.24) is 4.57 Å². The highest BCUT2D eigenvalue weighted by molar-refractivity contribution is 5.60. The van der Waals surface area contributed by atoms with Crippen molar-refractivity contribution < 1.29 is 4.74 Å². The highest BCUT2D eigenvalue weighted by Gasteiger charge is 2.19. The SMILES string of the molecule is C=C(C)c1cccn(CC2COC2)c1=O. The number of hydrogen-bond acceptors (Lipinski definition) is 2. The average Bonchev–Trinajstić information content (AvgIpc) is 2.13. The zero-order valence-electron chi connectivity index (χ0n) is 8.90. The predicted octanol–water partition coefficient (Wildman–Crippen LogP) is 1.53. The Morgan fingerprint density at radius 2 is 2.40 bits per heavy atom. The van der Waals surface area contributed by atoms with Crippen molar-refractivity contribution in [2.75, 3.05) is 13.2 Å². The molecule has 1 saturated heterocycles. The van der Waals surface area contributed by atoms with Gasteiger partial charge in [-0.05, 0) is 24.6 Å². The van der Waals surface area contributed by atoms with Crippen LogP contribution in [0.5, 0.6) is 0 Å². The minimum absolute atomic E-state index is 0.0527. The second kappa shape index (κ2) is 4.03. The molecular formula is C12H15NO2. The molecular weight excluding hydrogens is 190 g/mol. The summed E-state index contributed by atoms with van der Waals surface area (Å²) in [6, 6.07) is 3.71. The largest absolute Gasteiger partial charge is 0.381 e. The highest BCUT2D eigenvalue weighted by Crippen LogP contribution is 2.12. The molecule has 0 aliphatic carbocycles. The van der Waals surface area contributed by atoms with Crippen molar-refractivity contribution in [2.45, 2.75) is 13.5 Å². The highest BCUT2D eigenvalue weighted by atomic mass is 16.5. The molecule has 0 atom stereocenters. The molecule has 1 fully saturated rings. The van der Waals surface area contributed by atoms with E-state index in [1.807, 2.05) is 25.3 Å². The zero-order valence-corrected chi connectivity index (χ0v) is 8.90. The first-order valence-corrected chi connectivity index (χ1v) is 5.11. The molecule has 2 rings (SSSR count). The van der Waals surface area contributed by atoms with Gasteiger partial charge < -0.3 is 9.30 Å². The summed E-state index contributed by atoms with van der Waals surface area (Å²) >= 11 is 0. The lowest BCUT2D eigenvalue weighted by Gasteiger charge is -2.26. The molecule has 0 saturated carbocycles. The van der Waals surface area contributed by atoms with Gasteiger partial charge in [-0.2, -0.15) is 0 Å². The second-order valence-electron chi connectivity index (χ2n) is 4.06. The zero-order chi connectivity index (χ0) is 10.8. The Hall–Kier alpha value is -1.35. The maximum absolute atomic E-state index is 11.9. The summed E-state index contributed by atoms with van der Waals surface area (Å²) < 4.78 is 6.84. The third kappa shape index (κ3) is 2.02. The van der Waals surface area contributed by atoms with E-state index in [4.69, 9.17) is 4.74 Å². The Bertz CT molecular complexity index is 429. The number of ether oxygens (including phenoxy) is 1. The second-order valence-corrected chi connectivity index (χ2v) is 4.06. The topological polar surface area (TPSA) is 31.2 Å². The lowest BCUT2D eigenvalue weighted by molar-refractivity contribution is -0.0398. The molecule has 0 N–H and O–H groups in total. The fourth-order valence-electron chi connectivity index (χ4n) is 1.67. The number of aromatic nitrogens is 1. The third-order valence-corrected chi connectivity index (χ3v) is 2.64. The fourth-order valence-corrected chi connectivity index (χ4v) is 1.67. The van der Waals surface area contributed by atoms with Crippen molar-refractivity contribution in [3.05, 3.63) is 40.8 Å². The summed E-state index contributed by atoms with van der Waals surface area (Å²) in [6.07, 6.45) is 1.83. The van der Waals surface area contributed by atoms with Gasteiger partial charge in [0.2, 0.25) is 0 Å². The van der Waals surface area contributed by atoms with Crippen LogP contribution in [0.25, 0.3) is 5.57 Å². The number of hydrogen-bond donors (Lipinski definition) is 0. The van der Waals surface area contributed by atoms with E-state index in [1.54, 1.807) is 4.57 Å². The minimum atomic E-state index is 0.0527. The van der Waals surface area contributed by atoms with Crippen LogP contribution in [0.1, 0.15) is 12.5 Å². The van der Waals surface area contributed by atoms with Crippen LogP contribution in [0.3, 0.4) is 0 Å². The predicted molar refractivity (Wildman–Crippen MR) is 59.7 cm³/mol. The maximum atomic E-state index is 11.9. The van der Waals surface area contributed by atoms with Crippen LogP contribution >= 0.6 is 0 Å². The van der Waals surface area contributed by atoms with Crippen LogP contribution in [0.2, 0.25) is 0 Å². The van der Waals surface area contributed by atoms with E-state index in [2.05, 4.69) is 6.58 Å². The smallest absolute Gasteiger partial charge is 0.258 e. The Kier molecular flexibility index (Phi) is 2.73. The molecule has 1 aromatic heterocycles. The van der Waals surface area contributed by atoms with Crippen LogP contribution in [0, 0.1) is 5.92 Å². The first-order valence-electron chi connectivity index (χ1n) is 5.11. The van der Waals surface area contributed by atoms with Gasteiger partial charge in [-0.3, -0.25) is 4.79 Å². The summed E-state index contributed by atoms with van der Waals surface area (Å²) in [4.78, 5) is 11.9. The molecule has 1 aliphatic heterocycles. The Labute approximate surface area is 89.0 Å². The first kappa shape index (κ1) is 10.2. The molecule has 1 aliphatic rings. The number of rotatable bonds is 3. The molecule has 3 heteroatoms. The van der Waals surface area contributed by atoms with E-state index in [0.29, 0.717) is 11.5 Å². The molecule has 3 nitrogen and oxygen atoms in total. The van der Waals surface area contributed by atoms with Crippen LogP contribution in [-0.2, 0) is 11.3 Å². The van der Waals surface area contributed by atoms with Gasteiger partial charge in [0.05, 0.1) is 13.2 Å². The van der Waals surface area contributed by atoms with Crippen molar-refractivity contribution in [1.29, 1.82) is 0 Å². The normalized spacial score (nSPS) is 16.1. The monoisotopic (exact) mass is 205 g/mol. The van der Waals surface area contributed by atoms with Gasteiger partial charge in [0.25, 0.3) is 5.56 Å². The van der Waals surface area contributed by atoms with Crippen molar-refractivity contribution in [3.8, 4) is 0 Å². The number of nitrogens with zero attached hydrogens (tertiary/aromatic N) is 1. The molecule has 80 valence electrons.